The Morgan fingerprint density at radius 1 is 0.902 bits per heavy atom. The van der Waals surface area contributed by atoms with E-state index in [4.69, 9.17) is 14.2 Å². The molecule has 0 radical (unpaired) electrons. The molecule has 1 fully saturated rings. The highest BCUT2D eigenvalue weighted by molar-refractivity contribution is 5.71. The number of hydrogen-bond donors (Lipinski definition) is 1. The van der Waals surface area contributed by atoms with E-state index in [0.29, 0.717) is 42.7 Å². The van der Waals surface area contributed by atoms with Crippen molar-refractivity contribution in [3.05, 3.63) is 90.3 Å². The number of aliphatic hydroxyl groups excluding tert-OH is 1. The Kier molecular flexibility index (Phi) is 11.4. The molecule has 1 aliphatic heterocycles. The highest BCUT2D eigenvalue weighted by Gasteiger charge is 2.29. The minimum atomic E-state index is -1.03. The summed E-state index contributed by atoms with van der Waals surface area (Å²) in [6.45, 7) is 6.66. The summed E-state index contributed by atoms with van der Waals surface area (Å²) in [6.07, 6.45) is 6.89. The lowest BCUT2D eigenvalue weighted by Crippen LogP contribution is -2.35. The van der Waals surface area contributed by atoms with Crippen molar-refractivity contribution in [2.45, 2.75) is 64.3 Å². The average Bonchev–Trinajstić information content (AvgIpc) is 3.00. The number of allylic oxidation sites excluding steroid dienone is 1. The normalized spacial score (nSPS) is 17.8. The van der Waals surface area contributed by atoms with Gasteiger partial charge in [0.05, 0.1) is 25.9 Å². The fourth-order valence-corrected chi connectivity index (χ4v) is 4.95. The number of rotatable bonds is 14. The topological polar surface area (TPSA) is 47.9 Å². The van der Waals surface area contributed by atoms with Crippen molar-refractivity contribution < 1.29 is 32.5 Å². The van der Waals surface area contributed by atoms with Crippen LogP contribution in [0.4, 0.5) is 13.2 Å². The number of unbranched alkanes of at least 4 members (excludes halogenated alkanes) is 4. The molecule has 1 heterocycles. The summed E-state index contributed by atoms with van der Waals surface area (Å²) in [4.78, 5) is 0. The molecule has 0 spiro atoms. The number of halogens is 3. The van der Waals surface area contributed by atoms with E-state index in [9.17, 15) is 13.9 Å². The molecule has 4 rings (SSSR count). The van der Waals surface area contributed by atoms with Crippen molar-refractivity contribution in [1.29, 1.82) is 0 Å². The van der Waals surface area contributed by atoms with Crippen LogP contribution in [0, 0.1) is 23.4 Å². The summed E-state index contributed by atoms with van der Waals surface area (Å²) in [5.41, 5.74) is 2.25. The van der Waals surface area contributed by atoms with E-state index in [1.165, 1.54) is 18.2 Å². The molecule has 3 aromatic carbocycles. The van der Waals surface area contributed by atoms with Crippen molar-refractivity contribution in [2.24, 2.45) is 5.92 Å². The molecule has 0 aliphatic carbocycles. The van der Waals surface area contributed by atoms with Crippen LogP contribution in [-0.2, 0) is 9.47 Å². The zero-order chi connectivity index (χ0) is 29.2. The van der Waals surface area contributed by atoms with Gasteiger partial charge in [0, 0.05) is 17.0 Å². The molecule has 0 saturated carbocycles. The van der Waals surface area contributed by atoms with Crippen LogP contribution < -0.4 is 4.74 Å². The minimum absolute atomic E-state index is 0.116. The lowest BCUT2D eigenvalue weighted by molar-refractivity contribution is -0.220. The first-order valence-electron chi connectivity index (χ1n) is 14.5. The summed E-state index contributed by atoms with van der Waals surface area (Å²) >= 11 is 0. The van der Waals surface area contributed by atoms with E-state index in [0.717, 1.165) is 37.7 Å². The van der Waals surface area contributed by atoms with Gasteiger partial charge in [0.15, 0.2) is 17.9 Å². The van der Waals surface area contributed by atoms with E-state index >= 15 is 4.39 Å². The predicted molar refractivity (Wildman–Crippen MR) is 155 cm³/mol. The molecule has 0 amide bonds. The van der Waals surface area contributed by atoms with Crippen molar-refractivity contribution in [3.63, 3.8) is 0 Å². The first-order chi connectivity index (χ1) is 19.9. The van der Waals surface area contributed by atoms with Gasteiger partial charge in [-0.1, -0.05) is 75.1 Å². The second kappa shape index (κ2) is 15.2. The molecule has 1 N–H and O–H groups in total. The zero-order valence-corrected chi connectivity index (χ0v) is 23.6. The second-order valence-corrected chi connectivity index (χ2v) is 10.5. The third-order valence-corrected chi connectivity index (χ3v) is 7.46. The monoisotopic (exact) mass is 568 g/mol. The Morgan fingerprint density at radius 2 is 1.61 bits per heavy atom. The summed E-state index contributed by atoms with van der Waals surface area (Å²) in [5.74, 6) is -2.72. The van der Waals surface area contributed by atoms with Crippen molar-refractivity contribution >= 4 is 0 Å². The Labute approximate surface area is 240 Å². The van der Waals surface area contributed by atoms with Crippen LogP contribution in [0.1, 0.15) is 63.7 Å². The summed E-state index contributed by atoms with van der Waals surface area (Å²) in [6, 6.07) is 14.5. The van der Waals surface area contributed by atoms with E-state index in [1.807, 2.05) is 0 Å². The highest BCUT2D eigenvalue weighted by Crippen LogP contribution is 2.34. The van der Waals surface area contributed by atoms with Crippen LogP contribution in [0.2, 0.25) is 0 Å². The van der Waals surface area contributed by atoms with Gasteiger partial charge in [0.2, 0.25) is 5.82 Å². The summed E-state index contributed by atoms with van der Waals surface area (Å²) < 4.78 is 61.4. The first kappa shape index (κ1) is 30.8. The van der Waals surface area contributed by atoms with Crippen LogP contribution in [0.15, 0.2) is 67.3 Å². The van der Waals surface area contributed by atoms with Crippen molar-refractivity contribution in [3.8, 4) is 28.0 Å². The van der Waals surface area contributed by atoms with Crippen molar-refractivity contribution in [2.75, 3.05) is 19.8 Å². The van der Waals surface area contributed by atoms with E-state index in [2.05, 4.69) is 13.5 Å². The summed E-state index contributed by atoms with van der Waals surface area (Å²) in [5, 5.41) is 10.4. The minimum Gasteiger partial charge on any atom is -0.490 e. The van der Waals surface area contributed by atoms with Gasteiger partial charge < -0.3 is 19.3 Å². The fraction of sp³-hybridized carbons (Fsp3) is 0.412. The van der Waals surface area contributed by atoms with Gasteiger partial charge >= 0.3 is 0 Å². The average molecular weight is 569 g/mol. The smallest absolute Gasteiger partial charge is 0.201 e. The van der Waals surface area contributed by atoms with Gasteiger partial charge in [-0.15, -0.1) is 6.58 Å². The Bertz CT molecular complexity index is 1270. The maximum absolute atomic E-state index is 15.1. The molecule has 4 nitrogen and oxygen atoms in total. The molecule has 0 aromatic heterocycles. The van der Waals surface area contributed by atoms with Gasteiger partial charge in [0.25, 0.3) is 0 Å². The van der Waals surface area contributed by atoms with E-state index in [-0.39, 0.29) is 23.8 Å². The fourth-order valence-electron chi connectivity index (χ4n) is 4.95. The SMILES string of the molecule is C=CCCCOc1ccc(-c2ccc(-c3ccc(C4OCC(C(O)CCCCCC)CO4)c(F)c3)cc2)c(F)c1F. The number of hydrogen-bond acceptors (Lipinski definition) is 4. The molecule has 1 unspecified atom stereocenters. The molecule has 1 aliphatic rings. The standard InChI is InChI=1S/C34H39F3O4/c1-3-5-7-8-10-30(38)26-21-40-34(41-22-26)28-16-15-25(20-29(28)35)23-11-13-24(14-12-23)27-17-18-31(33(37)32(27)36)39-19-9-6-4-2/h4,11-18,20,26,30,34,38H,2-3,5-10,19,21-22H2,1H3. The molecule has 1 saturated heterocycles. The Balaban J connectivity index is 1.37. The molecule has 7 heteroatoms. The van der Waals surface area contributed by atoms with Crippen LogP contribution >= 0.6 is 0 Å². The van der Waals surface area contributed by atoms with Crippen LogP contribution in [0.5, 0.6) is 5.75 Å². The maximum atomic E-state index is 15.1. The number of benzene rings is 3. The van der Waals surface area contributed by atoms with Crippen molar-refractivity contribution in [1.82, 2.24) is 0 Å². The van der Waals surface area contributed by atoms with E-state index in [1.54, 1.807) is 42.5 Å². The third-order valence-electron chi connectivity index (χ3n) is 7.46. The Morgan fingerprint density at radius 3 is 2.29 bits per heavy atom. The van der Waals surface area contributed by atoms with Gasteiger partial charge in [-0.05, 0) is 54.2 Å². The highest BCUT2D eigenvalue weighted by atomic mass is 19.2. The van der Waals surface area contributed by atoms with Gasteiger partial charge in [0.1, 0.15) is 5.82 Å². The third kappa shape index (κ3) is 8.00. The molecule has 0 bridgehead atoms. The van der Waals surface area contributed by atoms with Gasteiger partial charge in [-0.25, -0.2) is 8.78 Å². The second-order valence-electron chi connectivity index (χ2n) is 10.5. The largest absolute Gasteiger partial charge is 0.490 e. The lowest BCUT2D eigenvalue weighted by atomic mass is 9.97. The van der Waals surface area contributed by atoms with E-state index < -0.39 is 29.8 Å². The van der Waals surface area contributed by atoms with Crippen LogP contribution in [0.25, 0.3) is 22.3 Å². The maximum Gasteiger partial charge on any atom is 0.201 e. The predicted octanol–water partition coefficient (Wildman–Crippen LogP) is 8.78. The van der Waals surface area contributed by atoms with Crippen LogP contribution in [0.3, 0.4) is 0 Å². The molecule has 1 atom stereocenters. The van der Waals surface area contributed by atoms with Gasteiger partial charge in [-0.2, -0.15) is 4.39 Å². The molecule has 220 valence electrons. The zero-order valence-electron chi connectivity index (χ0n) is 23.6. The number of ether oxygens (including phenoxy) is 3. The molecule has 41 heavy (non-hydrogen) atoms. The first-order valence-corrected chi connectivity index (χ1v) is 14.5. The lowest BCUT2D eigenvalue weighted by Gasteiger charge is -2.32. The van der Waals surface area contributed by atoms with Gasteiger partial charge in [-0.3, -0.25) is 0 Å². The van der Waals surface area contributed by atoms with Crippen LogP contribution in [-0.4, -0.2) is 31.0 Å². The quantitative estimate of drug-likeness (QED) is 0.156. The molecular weight excluding hydrogens is 529 g/mol. The summed E-state index contributed by atoms with van der Waals surface area (Å²) in [7, 11) is 0. The number of aliphatic hydroxyl groups is 1. The Hall–Kier alpha value is -3.13. The molecule has 3 aromatic rings. The molecular formula is C34H39F3O4.